The number of benzene rings is 1. The van der Waals surface area contributed by atoms with Gasteiger partial charge in [-0.2, -0.15) is 0 Å². The highest BCUT2D eigenvalue weighted by atomic mass is 35.5. The standard InChI is InChI=1S/C11H16ClFN2O/c1-15(2)4-3-5-16-11-7-9(13)8(12)6-10(11)14/h6-7H,3-5,14H2,1-2H3. The second-order valence-electron chi connectivity index (χ2n) is 3.81. The first-order valence-electron chi connectivity index (χ1n) is 5.02. The van der Waals surface area contributed by atoms with E-state index >= 15 is 0 Å². The van der Waals surface area contributed by atoms with Gasteiger partial charge in [0.1, 0.15) is 11.6 Å². The van der Waals surface area contributed by atoms with Gasteiger partial charge in [0.05, 0.1) is 17.3 Å². The van der Waals surface area contributed by atoms with Gasteiger partial charge in [0.2, 0.25) is 0 Å². The molecule has 0 radical (unpaired) electrons. The first kappa shape index (κ1) is 13.1. The molecule has 90 valence electrons. The maximum atomic E-state index is 13.1. The summed E-state index contributed by atoms with van der Waals surface area (Å²) < 4.78 is 18.5. The lowest BCUT2D eigenvalue weighted by Crippen LogP contribution is -2.15. The average molecular weight is 247 g/mol. The van der Waals surface area contributed by atoms with Gasteiger partial charge in [-0.25, -0.2) is 4.39 Å². The van der Waals surface area contributed by atoms with Crippen molar-refractivity contribution in [3.63, 3.8) is 0 Å². The Balaban J connectivity index is 2.51. The molecule has 1 aromatic carbocycles. The third-order valence-electron chi connectivity index (χ3n) is 2.06. The summed E-state index contributed by atoms with van der Waals surface area (Å²) in [6.45, 7) is 1.42. The summed E-state index contributed by atoms with van der Waals surface area (Å²) in [5.41, 5.74) is 6.00. The molecule has 1 aromatic rings. The average Bonchev–Trinajstić information content (AvgIpc) is 2.19. The summed E-state index contributed by atoms with van der Waals surface area (Å²) >= 11 is 5.57. The summed E-state index contributed by atoms with van der Waals surface area (Å²) in [5, 5.41) is 0.0122. The molecule has 0 aliphatic rings. The van der Waals surface area contributed by atoms with Gasteiger partial charge in [0.15, 0.2) is 0 Å². The molecule has 0 aromatic heterocycles. The van der Waals surface area contributed by atoms with Gasteiger partial charge < -0.3 is 15.4 Å². The van der Waals surface area contributed by atoms with Crippen molar-refractivity contribution < 1.29 is 9.13 Å². The Hall–Kier alpha value is -1.00. The first-order chi connectivity index (χ1) is 7.50. The number of rotatable bonds is 5. The lowest BCUT2D eigenvalue weighted by atomic mass is 10.3. The van der Waals surface area contributed by atoms with Crippen LogP contribution in [0, 0.1) is 5.82 Å². The van der Waals surface area contributed by atoms with Gasteiger partial charge in [0, 0.05) is 12.6 Å². The van der Waals surface area contributed by atoms with Crippen molar-refractivity contribution >= 4 is 17.3 Å². The Kier molecular flexibility index (Phi) is 4.83. The normalized spacial score (nSPS) is 10.8. The topological polar surface area (TPSA) is 38.5 Å². The fraction of sp³-hybridized carbons (Fsp3) is 0.455. The van der Waals surface area contributed by atoms with Crippen LogP contribution in [0.3, 0.4) is 0 Å². The molecule has 0 saturated heterocycles. The Morgan fingerprint density at radius 2 is 2.12 bits per heavy atom. The van der Waals surface area contributed by atoms with Crippen LogP contribution in [-0.4, -0.2) is 32.1 Å². The van der Waals surface area contributed by atoms with Crippen LogP contribution >= 0.6 is 11.6 Å². The van der Waals surface area contributed by atoms with Crippen molar-refractivity contribution in [1.29, 1.82) is 0 Å². The quantitative estimate of drug-likeness (QED) is 0.641. The molecule has 1 rings (SSSR count). The van der Waals surface area contributed by atoms with Crippen LogP contribution < -0.4 is 10.5 Å². The Morgan fingerprint density at radius 3 is 2.75 bits per heavy atom. The Bertz CT molecular complexity index is 358. The minimum atomic E-state index is -0.515. The van der Waals surface area contributed by atoms with E-state index in [2.05, 4.69) is 4.90 Å². The molecule has 0 bridgehead atoms. The van der Waals surface area contributed by atoms with Crippen molar-refractivity contribution in [1.82, 2.24) is 4.90 Å². The van der Waals surface area contributed by atoms with E-state index in [1.807, 2.05) is 14.1 Å². The van der Waals surface area contributed by atoms with Gasteiger partial charge in [0.25, 0.3) is 0 Å². The van der Waals surface area contributed by atoms with E-state index in [1.54, 1.807) is 0 Å². The lowest BCUT2D eigenvalue weighted by molar-refractivity contribution is 0.282. The highest BCUT2D eigenvalue weighted by molar-refractivity contribution is 6.31. The zero-order valence-electron chi connectivity index (χ0n) is 9.46. The Morgan fingerprint density at radius 1 is 1.44 bits per heavy atom. The molecule has 0 saturated carbocycles. The molecular formula is C11H16ClFN2O. The van der Waals surface area contributed by atoms with E-state index in [9.17, 15) is 4.39 Å². The van der Waals surface area contributed by atoms with Crippen LogP contribution in [0.4, 0.5) is 10.1 Å². The molecule has 0 spiro atoms. The fourth-order valence-corrected chi connectivity index (χ4v) is 1.40. The van der Waals surface area contributed by atoms with Crippen LogP contribution in [0.15, 0.2) is 12.1 Å². The predicted octanol–water partition coefficient (Wildman–Crippen LogP) is 2.39. The van der Waals surface area contributed by atoms with E-state index in [4.69, 9.17) is 22.1 Å². The van der Waals surface area contributed by atoms with E-state index in [1.165, 1.54) is 12.1 Å². The molecule has 0 atom stereocenters. The highest BCUT2D eigenvalue weighted by Crippen LogP contribution is 2.28. The van der Waals surface area contributed by atoms with Crippen LogP contribution in [0.2, 0.25) is 5.02 Å². The van der Waals surface area contributed by atoms with Gasteiger partial charge in [-0.15, -0.1) is 0 Å². The molecule has 0 heterocycles. The maximum Gasteiger partial charge on any atom is 0.145 e. The van der Waals surface area contributed by atoms with Crippen molar-refractivity contribution in [3.8, 4) is 5.75 Å². The number of anilines is 1. The molecule has 0 unspecified atom stereocenters. The molecule has 0 fully saturated rings. The van der Waals surface area contributed by atoms with Crippen molar-refractivity contribution in [2.45, 2.75) is 6.42 Å². The molecule has 3 nitrogen and oxygen atoms in total. The molecular weight excluding hydrogens is 231 g/mol. The molecule has 0 amide bonds. The SMILES string of the molecule is CN(C)CCCOc1cc(F)c(Cl)cc1N. The molecule has 5 heteroatoms. The second kappa shape index (κ2) is 5.92. The minimum absolute atomic E-state index is 0.0122. The summed E-state index contributed by atoms with van der Waals surface area (Å²) in [4.78, 5) is 2.05. The smallest absolute Gasteiger partial charge is 0.145 e. The van der Waals surface area contributed by atoms with Gasteiger partial charge in [-0.05, 0) is 26.6 Å². The monoisotopic (exact) mass is 246 g/mol. The number of nitrogen functional groups attached to an aromatic ring is 1. The van der Waals surface area contributed by atoms with Gasteiger partial charge >= 0.3 is 0 Å². The summed E-state index contributed by atoms with van der Waals surface area (Å²) in [7, 11) is 3.96. The van der Waals surface area contributed by atoms with Crippen molar-refractivity contribution in [2.24, 2.45) is 0 Å². The molecule has 0 aliphatic heterocycles. The molecule has 0 aliphatic carbocycles. The zero-order valence-corrected chi connectivity index (χ0v) is 10.2. The first-order valence-corrected chi connectivity index (χ1v) is 5.40. The second-order valence-corrected chi connectivity index (χ2v) is 4.22. The van der Waals surface area contributed by atoms with Crippen molar-refractivity contribution in [3.05, 3.63) is 23.0 Å². The summed E-state index contributed by atoms with van der Waals surface area (Å²) in [5.74, 6) is -0.167. The minimum Gasteiger partial charge on any atom is -0.491 e. The summed E-state index contributed by atoms with van der Waals surface area (Å²) in [6.07, 6.45) is 0.858. The maximum absolute atomic E-state index is 13.1. The van der Waals surface area contributed by atoms with Gasteiger partial charge in [-0.1, -0.05) is 11.6 Å². The summed E-state index contributed by atoms with van der Waals surface area (Å²) in [6, 6.07) is 2.57. The predicted molar refractivity (Wildman–Crippen MR) is 64.5 cm³/mol. The van der Waals surface area contributed by atoms with Gasteiger partial charge in [-0.3, -0.25) is 0 Å². The fourth-order valence-electron chi connectivity index (χ4n) is 1.23. The number of hydrogen-bond donors (Lipinski definition) is 1. The van der Waals surface area contributed by atoms with Crippen molar-refractivity contribution in [2.75, 3.05) is 33.0 Å². The molecule has 2 N–H and O–H groups in total. The highest BCUT2D eigenvalue weighted by Gasteiger charge is 2.07. The van der Waals surface area contributed by atoms with Crippen LogP contribution in [0.1, 0.15) is 6.42 Å². The number of halogens is 2. The Labute approximate surface area is 99.9 Å². The number of nitrogens with two attached hydrogens (primary N) is 1. The third kappa shape index (κ3) is 3.87. The molecule has 16 heavy (non-hydrogen) atoms. The third-order valence-corrected chi connectivity index (χ3v) is 2.35. The van der Waals surface area contributed by atoms with Crippen LogP contribution in [0.5, 0.6) is 5.75 Å². The number of hydrogen-bond acceptors (Lipinski definition) is 3. The lowest BCUT2D eigenvalue weighted by Gasteiger charge is -2.12. The van der Waals surface area contributed by atoms with Crippen LogP contribution in [0.25, 0.3) is 0 Å². The van der Waals surface area contributed by atoms with E-state index in [-0.39, 0.29) is 5.02 Å². The largest absolute Gasteiger partial charge is 0.491 e. The van der Waals surface area contributed by atoms with E-state index in [0.29, 0.717) is 18.0 Å². The van der Waals surface area contributed by atoms with Crippen LogP contribution in [-0.2, 0) is 0 Å². The number of nitrogens with zero attached hydrogens (tertiary/aromatic N) is 1. The van der Waals surface area contributed by atoms with E-state index < -0.39 is 5.82 Å². The van der Waals surface area contributed by atoms with E-state index in [0.717, 1.165) is 13.0 Å². The number of ether oxygens (including phenoxy) is 1. The zero-order chi connectivity index (χ0) is 12.1.